The Labute approximate surface area is 177 Å². The monoisotopic (exact) mass is 428 g/mol. The Morgan fingerprint density at radius 3 is 2.77 bits per heavy atom. The Morgan fingerprint density at radius 2 is 2.10 bits per heavy atom. The number of rotatable bonds is 6. The van der Waals surface area contributed by atoms with Gasteiger partial charge < -0.3 is 10.6 Å². The summed E-state index contributed by atoms with van der Waals surface area (Å²) in [5.74, 6) is 0.0414. The number of carbonyl (C=O) groups is 1. The highest BCUT2D eigenvalue weighted by molar-refractivity contribution is 5.94. The van der Waals surface area contributed by atoms with E-state index in [1.54, 1.807) is 12.1 Å². The average molecular weight is 428 g/mol. The van der Waals surface area contributed by atoms with Crippen LogP contribution in [0.2, 0.25) is 0 Å². The molecule has 2 aromatic heterocycles. The zero-order valence-corrected chi connectivity index (χ0v) is 17.0. The fraction of sp³-hybridized carbons (Fsp3) is 0.368. The van der Waals surface area contributed by atoms with E-state index in [4.69, 9.17) is 5.73 Å². The number of nitrogens with one attached hydrogen (secondary N) is 2. The van der Waals surface area contributed by atoms with Gasteiger partial charge in [-0.2, -0.15) is 9.78 Å². The molecule has 1 aromatic carbocycles. The number of likely N-dealkylation sites (tertiary alicyclic amines) is 1. The Hall–Kier alpha value is -3.67. The van der Waals surface area contributed by atoms with Gasteiger partial charge in [-0.25, -0.2) is 14.4 Å². The fourth-order valence-electron chi connectivity index (χ4n) is 3.50. The largest absolute Gasteiger partial charge is 0.378 e. The lowest BCUT2D eigenvalue weighted by atomic mass is 9.99. The molecule has 0 spiro atoms. The number of nitrogen functional groups attached to an aromatic ring is 1. The second kappa shape index (κ2) is 9.00. The van der Waals surface area contributed by atoms with Crippen molar-refractivity contribution in [2.75, 3.05) is 18.8 Å². The summed E-state index contributed by atoms with van der Waals surface area (Å²) in [4.78, 5) is 14.1. The average Bonchev–Trinajstić information content (AvgIpc) is 3.37. The van der Waals surface area contributed by atoms with E-state index in [0.29, 0.717) is 23.7 Å². The van der Waals surface area contributed by atoms with Crippen molar-refractivity contribution in [2.45, 2.75) is 26.3 Å². The van der Waals surface area contributed by atoms with E-state index in [1.807, 2.05) is 0 Å². The number of hydrogen-bond donors (Lipinski definition) is 3. The highest BCUT2D eigenvalue weighted by atomic mass is 19.1. The first-order chi connectivity index (χ1) is 15.0. The molecule has 11 nitrogen and oxygen atoms in total. The number of halogens is 1. The highest BCUT2D eigenvalue weighted by Crippen LogP contribution is 2.16. The third kappa shape index (κ3) is 4.74. The van der Waals surface area contributed by atoms with Crippen LogP contribution in [0, 0.1) is 11.7 Å². The predicted octanol–water partition coefficient (Wildman–Crippen LogP) is -0.0497. The lowest BCUT2D eigenvalue weighted by Crippen LogP contribution is -3.11. The molecule has 162 valence electrons. The quantitative estimate of drug-likeness (QED) is 0.369. The van der Waals surface area contributed by atoms with Crippen molar-refractivity contribution in [3.63, 3.8) is 0 Å². The molecule has 3 aromatic rings. The molecule has 1 fully saturated rings. The van der Waals surface area contributed by atoms with E-state index in [2.05, 4.69) is 42.7 Å². The summed E-state index contributed by atoms with van der Waals surface area (Å²) in [7, 11) is 0. The Morgan fingerprint density at radius 1 is 1.35 bits per heavy atom. The number of hydrogen-bond acceptors (Lipinski definition) is 8. The summed E-state index contributed by atoms with van der Waals surface area (Å²) in [6.07, 6.45) is 3.63. The number of nitrogens with two attached hydrogens (primary N) is 1. The van der Waals surface area contributed by atoms with E-state index in [9.17, 15) is 9.18 Å². The van der Waals surface area contributed by atoms with E-state index < -0.39 is 5.91 Å². The molecule has 4 N–H and O–H groups in total. The molecule has 0 aliphatic carbocycles. The normalized spacial score (nSPS) is 19.0. The van der Waals surface area contributed by atoms with Crippen LogP contribution in [0.4, 0.5) is 10.2 Å². The van der Waals surface area contributed by atoms with Crippen LogP contribution < -0.4 is 16.1 Å². The van der Waals surface area contributed by atoms with E-state index in [-0.39, 0.29) is 23.1 Å². The van der Waals surface area contributed by atoms with E-state index in [0.717, 1.165) is 25.9 Å². The smallest absolute Gasteiger partial charge is 0.294 e. The summed E-state index contributed by atoms with van der Waals surface area (Å²) in [6, 6.07) is 5.72. The first-order valence-corrected chi connectivity index (χ1v) is 9.96. The first kappa shape index (κ1) is 20.6. The summed E-state index contributed by atoms with van der Waals surface area (Å²) in [6.45, 7) is 4.70. The van der Waals surface area contributed by atoms with Crippen molar-refractivity contribution >= 4 is 17.9 Å². The van der Waals surface area contributed by atoms with Gasteiger partial charge in [-0.1, -0.05) is 24.3 Å². The Kier molecular flexibility index (Phi) is 5.98. The number of quaternary nitrogens is 1. The Balaban J connectivity index is 1.55. The predicted molar refractivity (Wildman–Crippen MR) is 108 cm³/mol. The minimum Gasteiger partial charge on any atom is -0.378 e. The zero-order chi connectivity index (χ0) is 21.8. The van der Waals surface area contributed by atoms with Gasteiger partial charge in [0.25, 0.3) is 5.91 Å². The van der Waals surface area contributed by atoms with Crippen LogP contribution in [0.15, 0.2) is 34.0 Å². The van der Waals surface area contributed by atoms with Crippen LogP contribution >= 0.6 is 0 Å². The lowest BCUT2D eigenvalue weighted by Gasteiger charge is -2.27. The molecule has 1 amide bonds. The summed E-state index contributed by atoms with van der Waals surface area (Å²) in [5.41, 5.74) is 9.56. The number of amides is 1. The van der Waals surface area contributed by atoms with Gasteiger partial charge in [0, 0.05) is 0 Å². The highest BCUT2D eigenvalue weighted by Gasteiger charge is 2.28. The molecule has 1 saturated heterocycles. The number of hydrazone groups is 1. The molecule has 0 unspecified atom stereocenters. The minimum atomic E-state index is -0.528. The standard InChI is InChI=1S/C19H22FN9O2/c1-12-6-8-28(9-7-12)11-15-16(23-27-29(15)18-17(21)25-31-26-18)19(30)24-22-10-13-2-4-14(20)5-3-13/h2-5,10,12H,6-9,11H2,1H3,(H2,21,25)(H,24,30)/p+1/b22-10-. The van der Waals surface area contributed by atoms with Crippen LogP contribution in [-0.2, 0) is 6.54 Å². The molecule has 0 radical (unpaired) electrons. The second-order valence-corrected chi connectivity index (χ2v) is 7.63. The second-order valence-electron chi connectivity index (χ2n) is 7.63. The molecule has 12 heteroatoms. The van der Waals surface area contributed by atoms with Gasteiger partial charge in [0.15, 0.2) is 5.69 Å². The first-order valence-electron chi connectivity index (χ1n) is 9.96. The molecular weight excluding hydrogens is 405 g/mol. The van der Waals surface area contributed by atoms with Crippen molar-refractivity contribution in [1.82, 2.24) is 30.7 Å². The molecule has 0 atom stereocenters. The number of aromatic nitrogens is 5. The SMILES string of the molecule is CC1CC[NH+](Cc2c(C(=O)N/N=C\c3ccc(F)cc3)nnn2-c2nonc2N)CC1. The molecule has 4 rings (SSSR count). The van der Waals surface area contributed by atoms with Crippen LogP contribution in [0.3, 0.4) is 0 Å². The minimum absolute atomic E-state index is 0.0507. The zero-order valence-electron chi connectivity index (χ0n) is 17.0. The third-order valence-electron chi connectivity index (χ3n) is 5.32. The van der Waals surface area contributed by atoms with Gasteiger partial charge in [-0.3, -0.25) is 4.79 Å². The van der Waals surface area contributed by atoms with Crippen LogP contribution in [-0.4, -0.2) is 50.5 Å². The van der Waals surface area contributed by atoms with Crippen LogP contribution in [0.1, 0.15) is 41.5 Å². The third-order valence-corrected chi connectivity index (χ3v) is 5.32. The molecule has 1 aliphatic heterocycles. The molecule has 0 bridgehead atoms. The number of anilines is 1. The number of nitrogens with zero attached hydrogens (tertiary/aromatic N) is 6. The van der Waals surface area contributed by atoms with Crippen LogP contribution in [0.25, 0.3) is 5.82 Å². The maximum atomic E-state index is 13.0. The number of carbonyl (C=O) groups excluding carboxylic acids is 1. The van der Waals surface area contributed by atoms with E-state index >= 15 is 0 Å². The summed E-state index contributed by atoms with van der Waals surface area (Å²) < 4.78 is 19.1. The molecule has 1 aliphatic rings. The van der Waals surface area contributed by atoms with Gasteiger partial charge in [0.1, 0.15) is 18.1 Å². The molecular formula is C19H23FN9O2+. The van der Waals surface area contributed by atoms with Gasteiger partial charge in [0.2, 0.25) is 11.6 Å². The maximum absolute atomic E-state index is 13.0. The topological polar surface area (TPSA) is 142 Å². The molecule has 31 heavy (non-hydrogen) atoms. The van der Waals surface area contributed by atoms with Crippen LogP contribution in [0.5, 0.6) is 0 Å². The fourth-order valence-corrected chi connectivity index (χ4v) is 3.50. The number of benzene rings is 1. The van der Waals surface area contributed by atoms with Gasteiger partial charge >= 0.3 is 0 Å². The number of piperidine rings is 1. The van der Waals surface area contributed by atoms with E-state index in [1.165, 1.54) is 27.9 Å². The lowest BCUT2D eigenvalue weighted by molar-refractivity contribution is -0.920. The van der Waals surface area contributed by atoms with Gasteiger partial charge in [-0.15, -0.1) is 5.10 Å². The van der Waals surface area contributed by atoms with Crippen molar-refractivity contribution in [3.8, 4) is 5.82 Å². The van der Waals surface area contributed by atoms with Crippen molar-refractivity contribution < 1.29 is 18.7 Å². The molecule has 3 heterocycles. The van der Waals surface area contributed by atoms with Gasteiger partial charge in [0.05, 0.1) is 19.3 Å². The maximum Gasteiger partial charge on any atom is 0.294 e. The Bertz CT molecular complexity index is 1070. The van der Waals surface area contributed by atoms with Crippen molar-refractivity contribution in [1.29, 1.82) is 0 Å². The van der Waals surface area contributed by atoms with Gasteiger partial charge in [-0.05, 0) is 46.8 Å². The van der Waals surface area contributed by atoms with Crippen molar-refractivity contribution in [3.05, 3.63) is 47.0 Å². The molecule has 0 saturated carbocycles. The van der Waals surface area contributed by atoms with Crippen molar-refractivity contribution in [2.24, 2.45) is 11.0 Å². The summed E-state index contributed by atoms with van der Waals surface area (Å²) >= 11 is 0. The summed E-state index contributed by atoms with van der Waals surface area (Å²) in [5, 5.41) is 19.4.